The molecule has 1 unspecified atom stereocenters. The van der Waals surface area contributed by atoms with Crippen molar-refractivity contribution < 1.29 is 63.0 Å². The summed E-state index contributed by atoms with van der Waals surface area (Å²) >= 11 is 0. The Bertz CT molecular complexity index is 1690. The average Bonchev–Trinajstić information content (AvgIpc) is 3.28. The molecule has 2 bridgehead atoms. The van der Waals surface area contributed by atoms with E-state index in [1.165, 1.54) is 12.0 Å². The fourth-order valence-electron chi connectivity index (χ4n) is 10.5. The van der Waals surface area contributed by atoms with E-state index in [1.807, 2.05) is 58.1 Å². The SMILES string of the molecule is CO[C@H]1C[C@@H]2CC[C@@H](C)[C@@](O)(O2)C(=O)C(=O)N2CCCC[C@H]2C(=O)O[C@H]([C@H](C)C[C@@H]2CC[C@@H](O)[C@H](OC)C2)CC(=O)[C@H](C)CC(C)[C@@H](O)[C@@H](OC)C(=O)[C@H](C)C[C@H](C)C=CC=CC=C1C. The molecule has 1 amide bonds. The third kappa shape index (κ3) is 14.4. The fourth-order valence-corrected chi connectivity index (χ4v) is 10.5. The molecule has 0 aromatic rings. The number of cyclic esters (lactones) is 1. The molecule has 0 spiro atoms. The summed E-state index contributed by atoms with van der Waals surface area (Å²) < 4.78 is 29.4. The topological polar surface area (TPSA) is 195 Å². The van der Waals surface area contributed by atoms with Crippen LogP contribution < -0.4 is 0 Å². The number of nitrogens with zero attached hydrogens (tertiary/aromatic N) is 1. The molecule has 0 aromatic carbocycles. The first-order valence-electron chi connectivity index (χ1n) is 24.2. The lowest BCUT2D eigenvalue weighted by molar-refractivity contribution is -0.265. The predicted octanol–water partition coefficient (Wildman–Crippen LogP) is 6.26. The van der Waals surface area contributed by atoms with Gasteiger partial charge in [0.2, 0.25) is 5.79 Å². The van der Waals surface area contributed by atoms with Gasteiger partial charge >= 0.3 is 5.97 Å². The molecule has 0 aromatic heterocycles. The number of hydrogen-bond donors (Lipinski definition) is 3. The summed E-state index contributed by atoms with van der Waals surface area (Å²) in [7, 11) is 4.56. The number of ether oxygens (including phenoxy) is 5. The van der Waals surface area contributed by atoms with E-state index in [0.717, 1.165) is 12.0 Å². The van der Waals surface area contributed by atoms with Gasteiger partial charge in [-0.25, -0.2) is 4.79 Å². The highest BCUT2D eigenvalue weighted by molar-refractivity contribution is 6.39. The zero-order valence-electron chi connectivity index (χ0n) is 40.8. The minimum Gasteiger partial charge on any atom is -0.460 e. The van der Waals surface area contributed by atoms with E-state index in [4.69, 9.17) is 23.7 Å². The summed E-state index contributed by atoms with van der Waals surface area (Å²) in [4.78, 5) is 71.9. The number of piperidine rings is 1. The Labute approximate surface area is 387 Å². The van der Waals surface area contributed by atoms with Crippen LogP contribution in [-0.4, -0.2) is 132 Å². The number of fused-ring (bicyclic) bond motifs is 3. The van der Waals surface area contributed by atoms with E-state index in [2.05, 4.69) is 0 Å². The lowest BCUT2D eigenvalue weighted by atomic mass is 9.78. The quantitative estimate of drug-likeness (QED) is 0.200. The number of carbonyl (C=O) groups excluding carboxylic acids is 5. The van der Waals surface area contributed by atoms with E-state index >= 15 is 0 Å². The molecule has 3 aliphatic heterocycles. The first kappa shape index (κ1) is 54.5. The van der Waals surface area contributed by atoms with Crippen molar-refractivity contribution in [2.45, 2.75) is 186 Å². The smallest absolute Gasteiger partial charge is 0.329 e. The first-order valence-corrected chi connectivity index (χ1v) is 24.2. The maximum atomic E-state index is 14.4. The maximum absolute atomic E-state index is 14.4. The van der Waals surface area contributed by atoms with E-state index < -0.39 is 89.8 Å². The number of esters is 1. The molecule has 0 radical (unpaired) electrons. The maximum Gasteiger partial charge on any atom is 0.329 e. The standard InChI is InChI=1S/C51H81NO13/c1-30-16-12-11-13-17-31(2)42(61-8)28-38-21-19-36(7)51(60,65-38)48(57)49(58)52-23-15-14-18-39(52)50(59)64-43(33(4)26-37-20-22-40(53)44(27-37)62-9)29-41(54)32(3)25-35(6)46(56)47(63-10)45(55)34(5)24-30/h11-13,16-17,30,32-40,42-44,46-47,53,56,60H,14-15,18-29H2,1-10H3/t30-,32-,33-,34-,35?,36-,37+,38+,39+,40-,42+,43+,44-,46-,47+,51-/m1/s1. The second-order valence-electron chi connectivity index (χ2n) is 20.1. The van der Waals surface area contributed by atoms with Crippen LogP contribution in [0.25, 0.3) is 0 Å². The molecule has 14 nitrogen and oxygen atoms in total. The summed E-state index contributed by atoms with van der Waals surface area (Å²) in [5, 5.41) is 33.9. The van der Waals surface area contributed by atoms with Crippen LogP contribution >= 0.6 is 0 Å². The number of hydrogen-bond acceptors (Lipinski definition) is 13. The van der Waals surface area contributed by atoms with E-state index in [-0.39, 0.29) is 61.2 Å². The minimum absolute atomic E-state index is 0.0339. The summed E-state index contributed by atoms with van der Waals surface area (Å²) in [6.45, 7) is 13.0. The molecule has 3 fully saturated rings. The van der Waals surface area contributed by atoms with Gasteiger partial charge in [0.05, 0.1) is 30.5 Å². The average molecular weight is 916 g/mol. The van der Waals surface area contributed by atoms with Gasteiger partial charge in [-0.15, -0.1) is 0 Å². The molecule has 2 saturated heterocycles. The van der Waals surface area contributed by atoms with Crippen molar-refractivity contribution in [2.75, 3.05) is 27.9 Å². The van der Waals surface area contributed by atoms with Crippen molar-refractivity contribution in [1.82, 2.24) is 4.90 Å². The van der Waals surface area contributed by atoms with Crippen molar-refractivity contribution >= 4 is 29.2 Å². The van der Waals surface area contributed by atoms with Gasteiger partial charge in [0.25, 0.3) is 11.7 Å². The van der Waals surface area contributed by atoms with Gasteiger partial charge in [0.15, 0.2) is 5.78 Å². The molecule has 65 heavy (non-hydrogen) atoms. The molecule has 4 aliphatic rings. The van der Waals surface area contributed by atoms with Gasteiger partial charge < -0.3 is 43.9 Å². The normalized spacial score (nSPS) is 39.1. The van der Waals surface area contributed by atoms with Crippen LogP contribution in [0, 0.1) is 41.4 Å². The lowest BCUT2D eigenvalue weighted by Crippen LogP contribution is -2.61. The molecule has 3 heterocycles. The number of aliphatic hydroxyl groups excluding tert-OH is 2. The molecule has 4 rings (SSSR count). The zero-order valence-corrected chi connectivity index (χ0v) is 40.8. The molecule has 368 valence electrons. The highest BCUT2D eigenvalue weighted by Crippen LogP contribution is 2.38. The van der Waals surface area contributed by atoms with Gasteiger partial charge in [-0.2, -0.15) is 0 Å². The zero-order chi connectivity index (χ0) is 48.2. The van der Waals surface area contributed by atoms with E-state index in [9.17, 15) is 39.3 Å². The van der Waals surface area contributed by atoms with Crippen LogP contribution in [0.5, 0.6) is 0 Å². The van der Waals surface area contributed by atoms with Crippen LogP contribution in [-0.2, 0) is 47.7 Å². The van der Waals surface area contributed by atoms with Gasteiger partial charge in [-0.1, -0.05) is 71.9 Å². The molecule has 3 N–H and O–H groups in total. The Morgan fingerprint density at radius 1 is 0.831 bits per heavy atom. The largest absolute Gasteiger partial charge is 0.460 e. The van der Waals surface area contributed by atoms with Crippen LogP contribution in [0.3, 0.4) is 0 Å². The van der Waals surface area contributed by atoms with Gasteiger partial charge in [0, 0.05) is 58.5 Å². The Morgan fingerprint density at radius 3 is 2.23 bits per heavy atom. The third-order valence-electron chi connectivity index (χ3n) is 14.9. The molecule has 1 aliphatic carbocycles. The second kappa shape index (κ2) is 25.3. The molecule has 1 saturated carbocycles. The Hall–Kier alpha value is -3.11. The molecular weight excluding hydrogens is 835 g/mol. The second-order valence-corrected chi connectivity index (χ2v) is 20.1. The summed E-state index contributed by atoms with van der Waals surface area (Å²) in [5.41, 5.74) is 0.884. The van der Waals surface area contributed by atoms with Crippen molar-refractivity contribution in [3.05, 3.63) is 36.0 Å². The van der Waals surface area contributed by atoms with Crippen molar-refractivity contribution in [3.63, 3.8) is 0 Å². The van der Waals surface area contributed by atoms with Crippen molar-refractivity contribution in [2.24, 2.45) is 41.4 Å². The Kier molecular flexibility index (Phi) is 21.2. The number of Topliss-reactive ketones (excluding diaryl/α,β-unsaturated/α-hetero) is 3. The number of aliphatic hydroxyl groups is 3. The first-order chi connectivity index (χ1) is 30.7. The summed E-state index contributed by atoms with van der Waals surface area (Å²) in [6.07, 6.45) is 10.3. The molecular formula is C51H81NO13. The number of rotatable bonds is 6. The van der Waals surface area contributed by atoms with E-state index in [0.29, 0.717) is 57.8 Å². The predicted molar refractivity (Wildman–Crippen MR) is 245 cm³/mol. The monoisotopic (exact) mass is 916 g/mol. The van der Waals surface area contributed by atoms with Crippen LogP contribution in [0.15, 0.2) is 36.0 Å². The molecule has 14 heteroatoms. The van der Waals surface area contributed by atoms with Crippen LogP contribution in [0.4, 0.5) is 0 Å². The van der Waals surface area contributed by atoms with E-state index in [1.54, 1.807) is 35.0 Å². The molecule has 16 atom stereocenters. The van der Waals surface area contributed by atoms with Gasteiger partial charge in [-0.3, -0.25) is 19.2 Å². The number of amides is 1. The summed E-state index contributed by atoms with van der Waals surface area (Å²) in [5.74, 6) is -8.06. The van der Waals surface area contributed by atoms with Crippen molar-refractivity contribution in [1.29, 1.82) is 0 Å². The summed E-state index contributed by atoms with van der Waals surface area (Å²) in [6, 6.07) is -1.13. The fraction of sp³-hybridized carbons (Fsp3) is 0.784. The van der Waals surface area contributed by atoms with Gasteiger partial charge in [-0.05, 0) is 107 Å². The third-order valence-corrected chi connectivity index (χ3v) is 14.9. The number of methoxy groups -OCH3 is 3. The lowest BCUT2D eigenvalue weighted by Gasteiger charge is -2.42. The van der Waals surface area contributed by atoms with Crippen LogP contribution in [0.1, 0.15) is 132 Å². The minimum atomic E-state index is -2.42. The Morgan fingerprint density at radius 2 is 1.55 bits per heavy atom. The number of allylic oxidation sites excluding steroid dienone is 5. The van der Waals surface area contributed by atoms with Crippen molar-refractivity contribution in [3.8, 4) is 0 Å². The number of ketones is 3. The highest BCUT2D eigenvalue weighted by atomic mass is 16.6. The Balaban J connectivity index is 1.68. The van der Waals surface area contributed by atoms with Gasteiger partial charge in [0.1, 0.15) is 24.0 Å². The van der Waals surface area contributed by atoms with Crippen LogP contribution in [0.2, 0.25) is 0 Å². The number of carbonyl (C=O) groups is 5. The highest BCUT2D eigenvalue weighted by Gasteiger charge is 2.53.